The third kappa shape index (κ3) is 7.62. The van der Waals surface area contributed by atoms with E-state index in [4.69, 9.17) is 28.4 Å². The maximum absolute atomic E-state index is 12.1. The zero-order chi connectivity index (χ0) is 25.4. The third-order valence-electron chi connectivity index (χ3n) is 5.51. The highest BCUT2D eigenvalue weighted by atomic mass is 16.6. The van der Waals surface area contributed by atoms with Crippen LogP contribution < -0.4 is 18.9 Å². The van der Waals surface area contributed by atoms with Crippen LogP contribution in [0.25, 0.3) is 0 Å². The molecule has 2 aromatic rings. The number of hydrogen-bond donors (Lipinski definition) is 0. The lowest BCUT2D eigenvalue weighted by Crippen LogP contribution is -2.40. The average Bonchev–Trinajstić information content (AvgIpc) is 2.80. The Morgan fingerprint density at radius 3 is 2.26 bits per heavy atom. The van der Waals surface area contributed by atoms with E-state index in [1.807, 2.05) is 45.0 Å². The molecule has 2 aromatic carbocycles. The van der Waals surface area contributed by atoms with Crippen LogP contribution in [0.2, 0.25) is 0 Å². The molecule has 1 aliphatic carbocycles. The Kier molecular flexibility index (Phi) is 8.98. The number of benzene rings is 2. The van der Waals surface area contributed by atoms with Crippen LogP contribution in [0.1, 0.15) is 49.5 Å². The zero-order valence-electron chi connectivity index (χ0n) is 21.0. The van der Waals surface area contributed by atoms with E-state index < -0.39 is 5.60 Å². The lowest BCUT2D eigenvalue weighted by Gasteiger charge is -2.35. The van der Waals surface area contributed by atoms with Crippen LogP contribution in [0, 0.1) is 5.92 Å². The van der Waals surface area contributed by atoms with Crippen LogP contribution in [-0.2, 0) is 20.9 Å². The van der Waals surface area contributed by atoms with Crippen molar-refractivity contribution < 1.29 is 38.0 Å². The SMILES string of the molecule is COc1ccc(COc2cc(OCCOC3CC(C(=O)OC(C)(C)C)C3)c(C=O)cc2OC)cc1. The molecule has 0 saturated heterocycles. The topological polar surface area (TPSA) is 89.5 Å². The number of aldehydes is 1. The van der Waals surface area contributed by atoms with Gasteiger partial charge in [-0.05, 0) is 57.4 Å². The van der Waals surface area contributed by atoms with Gasteiger partial charge in [0.25, 0.3) is 0 Å². The molecule has 1 fully saturated rings. The molecule has 1 saturated carbocycles. The monoisotopic (exact) mass is 486 g/mol. The van der Waals surface area contributed by atoms with Crippen molar-refractivity contribution in [2.45, 2.75) is 51.9 Å². The molecular weight excluding hydrogens is 452 g/mol. The van der Waals surface area contributed by atoms with Crippen molar-refractivity contribution in [3.05, 3.63) is 47.5 Å². The molecule has 0 unspecified atom stereocenters. The molecule has 0 amide bonds. The number of rotatable bonds is 12. The van der Waals surface area contributed by atoms with Crippen molar-refractivity contribution >= 4 is 12.3 Å². The number of esters is 1. The fraction of sp³-hybridized carbons (Fsp3) is 0.481. The molecule has 1 aliphatic rings. The van der Waals surface area contributed by atoms with E-state index in [9.17, 15) is 9.59 Å². The van der Waals surface area contributed by atoms with Crippen LogP contribution in [-0.4, -0.2) is 51.4 Å². The van der Waals surface area contributed by atoms with E-state index in [-0.39, 0.29) is 24.6 Å². The minimum absolute atomic E-state index is 0.000850. The number of methoxy groups -OCH3 is 2. The third-order valence-corrected chi connectivity index (χ3v) is 5.51. The Morgan fingerprint density at radius 2 is 1.66 bits per heavy atom. The van der Waals surface area contributed by atoms with Crippen LogP contribution >= 0.6 is 0 Å². The predicted octanol–water partition coefficient (Wildman–Crippen LogP) is 4.61. The minimum atomic E-state index is -0.483. The standard InChI is InChI=1S/C27H34O8/c1-27(2,3)35-26(29)19-12-22(13-19)32-10-11-33-23-15-25(24(31-5)14-20(23)16-28)34-17-18-6-8-21(30-4)9-7-18/h6-9,14-16,19,22H,10-13,17H2,1-5H3. The summed E-state index contributed by atoms with van der Waals surface area (Å²) in [6.45, 7) is 6.46. The first kappa shape index (κ1) is 26.3. The Bertz CT molecular complexity index is 987. The van der Waals surface area contributed by atoms with E-state index in [1.54, 1.807) is 19.2 Å². The first-order valence-electron chi connectivity index (χ1n) is 11.6. The van der Waals surface area contributed by atoms with Crippen LogP contribution in [0.4, 0.5) is 0 Å². The first-order chi connectivity index (χ1) is 16.7. The van der Waals surface area contributed by atoms with Crippen molar-refractivity contribution in [2.75, 3.05) is 27.4 Å². The van der Waals surface area contributed by atoms with E-state index in [0.29, 0.717) is 55.2 Å². The van der Waals surface area contributed by atoms with Gasteiger partial charge in [0.2, 0.25) is 0 Å². The number of carbonyl (C=O) groups excluding carboxylic acids is 2. The Hall–Kier alpha value is -3.26. The second kappa shape index (κ2) is 11.9. The van der Waals surface area contributed by atoms with Gasteiger partial charge in [-0.15, -0.1) is 0 Å². The maximum atomic E-state index is 12.1. The predicted molar refractivity (Wildman–Crippen MR) is 130 cm³/mol. The minimum Gasteiger partial charge on any atom is -0.497 e. The first-order valence-corrected chi connectivity index (χ1v) is 11.6. The lowest BCUT2D eigenvalue weighted by atomic mass is 9.82. The average molecular weight is 487 g/mol. The van der Waals surface area contributed by atoms with Gasteiger partial charge in [0.05, 0.1) is 38.4 Å². The van der Waals surface area contributed by atoms with E-state index in [2.05, 4.69) is 0 Å². The van der Waals surface area contributed by atoms with Crippen molar-refractivity contribution in [3.63, 3.8) is 0 Å². The summed E-state index contributed by atoms with van der Waals surface area (Å²) in [5.74, 6) is 1.76. The molecule has 0 N–H and O–H groups in total. The van der Waals surface area contributed by atoms with Gasteiger partial charge in [0.1, 0.15) is 30.3 Å². The Labute approximate surface area is 206 Å². The van der Waals surface area contributed by atoms with Gasteiger partial charge in [-0.25, -0.2) is 0 Å². The van der Waals surface area contributed by atoms with Gasteiger partial charge in [-0.2, -0.15) is 0 Å². The molecule has 190 valence electrons. The summed E-state index contributed by atoms with van der Waals surface area (Å²) in [7, 11) is 3.13. The molecule has 0 heterocycles. The highest BCUT2D eigenvalue weighted by Gasteiger charge is 2.37. The molecule has 0 atom stereocenters. The molecule has 8 heteroatoms. The summed E-state index contributed by atoms with van der Waals surface area (Å²) in [5.41, 5.74) is 0.823. The molecule has 0 spiro atoms. The smallest absolute Gasteiger partial charge is 0.309 e. The quantitative estimate of drug-likeness (QED) is 0.244. The Balaban J connectivity index is 1.50. The van der Waals surface area contributed by atoms with E-state index in [1.165, 1.54) is 7.11 Å². The molecular formula is C27H34O8. The normalized spacial score (nSPS) is 17.2. The highest BCUT2D eigenvalue weighted by Crippen LogP contribution is 2.35. The summed E-state index contributed by atoms with van der Waals surface area (Å²) in [6.07, 6.45) is 1.99. The lowest BCUT2D eigenvalue weighted by molar-refractivity contribution is -0.169. The highest BCUT2D eigenvalue weighted by molar-refractivity contribution is 5.81. The molecule has 0 bridgehead atoms. The van der Waals surface area contributed by atoms with Crippen molar-refractivity contribution in [1.82, 2.24) is 0 Å². The summed E-state index contributed by atoms with van der Waals surface area (Å²) in [5, 5.41) is 0. The number of hydrogen-bond acceptors (Lipinski definition) is 8. The Morgan fingerprint density at radius 1 is 0.943 bits per heavy atom. The van der Waals surface area contributed by atoms with Crippen molar-refractivity contribution in [3.8, 4) is 23.0 Å². The fourth-order valence-electron chi connectivity index (χ4n) is 3.57. The zero-order valence-corrected chi connectivity index (χ0v) is 21.0. The van der Waals surface area contributed by atoms with Crippen molar-refractivity contribution in [2.24, 2.45) is 5.92 Å². The number of ether oxygens (including phenoxy) is 6. The van der Waals surface area contributed by atoms with Crippen molar-refractivity contribution in [1.29, 1.82) is 0 Å². The molecule has 0 aromatic heterocycles. The van der Waals surface area contributed by atoms with Gasteiger partial charge in [0.15, 0.2) is 17.8 Å². The van der Waals surface area contributed by atoms with Gasteiger partial charge < -0.3 is 28.4 Å². The summed E-state index contributed by atoms with van der Waals surface area (Å²) in [6, 6.07) is 10.8. The molecule has 3 rings (SSSR count). The molecule has 8 nitrogen and oxygen atoms in total. The van der Waals surface area contributed by atoms with Gasteiger partial charge in [0, 0.05) is 6.07 Å². The number of carbonyl (C=O) groups is 2. The molecule has 0 radical (unpaired) electrons. The van der Waals surface area contributed by atoms with Gasteiger partial charge in [-0.3, -0.25) is 9.59 Å². The van der Waals surface area contributed by atoms with Gasteiger partial charge >= 0.3 is 5.97 Å². The summed E-state index contributed by atoms with van der Waals surface area (Å²) >= 11 is 0. The van der Waals surface area contributed by atoms with Crippen LogP contribution in [0.5, 0.6) is 23.0 Å². The summed E-state index contributed by atoms with van der Waals surface area (Å²) < 4.78 is 33.5. The molecule has 35 heavy (non-hydrogen) atoms. The molecule has 0 aliphatic heterocycles. The van der Waals surface area contributed by atoms with Crippen LogP contribution in [0.3, 0.4) is 0 Å². The van der Waals surface area contributed by atoms with Crippen LogP contribution in [0.15, 0.2) is 36.4 Å². The van der Waals surface area contributed by atoms with Gasteiger partial charge in [-0.1, -0.05) is 12.1 Å². The summed E-state index contributed by atoms with van der Waals surface area (Å²) in [4.78, 5) is 23.6. The van der Waals surface area contributed by atoms with E-state index in [0.717, 1.165) is 11.3 Å². The second-order valence-corrected chi connectivity index (χ2v) is 9.34. The van der Waals surface area contributed by atoms with E-state index >= 15 is 0 Å². The maximum Gasteiger partial charge on any atom is 0.309 e. The largest absolute Gasteiger partial charge is 0.497 e. The fourth-order valence-corrected chi connectivity index (χ4v) is 3.57. The second-order valence-electron chi connectivity index (χ2n) is 9.34.